The second-order valence-electron chi connectivity index (χ2n) is 6.09. The van der Waals surface area contributed by atoms with Crippen LogP contribution in [0, 0.1) is 5.82 Å². The molecule has 3 rings (SSSR count). The summed E-state index contributed by atoms with van der Waals surface area (Å²) < 4.78 is 19.0. The van der Waals surface area contributed by atoms with Gasteiger partial charge in [-0.25, -0.2) is 9.37 Å². The van der Waals surface area contributed by atoms with Crippen LogP contribution >= 0.6 is 11.6 Å². The van der Waals surface area contributed by atoms with Crippen molar-refractivity contribution in [3.05, 3.63) is 77.0 Å². The van der Waals surface area contributed by atoms with Crippen LogP contribution in [0.25, 0.3) is 11.3 Å². The molecule has 0 aliphatic rings. The Labute approximate surface area is 145 Å². The number of rotatable bonds is 5. The van der Waals surface area contributed by atoms with E-state index in [1.165, 1.54) is 12.1 Å². The van der Waals surface area contributed by atoms with Crippen LogP contribution in [0.1, 0.15) is 25.3 Å². The van der Waals surface area contributed by atoms with E-state index < -0.39 is 5.54 Å². The molecule has 3 aromatic rings. The number of nitrogens with zero attached hydrogens (tertiary/aromatic N) is 1. The molecule has 0 aliphatic heterocycles. The molecule has 0 atom stereocenters. The lowest BCUT2D eigenvalue weighted by Gasteiger charge is -2.27. The van der Waals surface area contributed by atoms with Gasteiger partial charge in [0.15, 0.2) is 5.76 Å². The number of halogens is 2. The van der Waals surface area contributed by atoms with Gasteiger partial charge in [-0.2, -0.15) is 0 Å². The highest BCUT2D eigenvalue weighted by Crippen LogP contribution is 2.29. The lowest BCUT2D eigenvalue weighted by Crippen LogP contribution is -2.36. The average Bonchev–Trinajstić information content (AvgIpc) is 3.02. The molecule has 1 N–H and O–H groups in total. The first kappa shape index (κ1) is 16.7. The fourth-order valence-electron chi connectivity index (χ4n) is 2.52. The first-order valence-electron chi connectivity index (χ1n) is 7.66. The van der Waals surface area contributed by atoms with Gasteiger partial charge in [-0.1, -0.05) is 48.0 Å². The molecule has 0 radical (unpaired) electrons. The Morgan fingerprint density at radius 2 is 1.92 bits per heavy atom. The molecule has 0 fully saturated rings. The van der Waals surface area contributed by atoms with Crippen molar-refractivity contribution in [1.82, 2.24) is 10.3 Å². The summed E-state index contributed by atoms with van der Waals surface area (Å²) in [6.45, 7) is 4.40. The number of hydrogen-bond acceptors (Lipinski definition) is 3. The fraction of sp³-hybridized carbons (Fsp3) is 0.211. The third kappa shape index (κ3) is 3.66. The highest BCUT2D eigenvalue weighted by Gasteiger charge is 2.23. The molecule has 2 aromatic carbocycles. The standard InChI is InChI=1S/C19H18ClFN2O/c1-19(2,15-9-8-14(21)10-16(15)20)23-12-18-22-11-17(24-18)13-6-4-3-5-7-13/h3-11,23H,12H2,1-2H3. The van der Waals surface area contributed by atoms with E-state index in [-0.39, 0.29) is 5.82 Å². The Hall–Kier alpha value is -2.17. The third-order valence-corrected chi connectivity index (χ3v) is 4.21. The van der Waals surface area contributed by atoms with Crippen LogP contribution in [0.2, 0.25) is 5.02 Å². The predicted octanol–water partition coefficient (Wildman–Crippen LogP) is 5.16. The number of aromatic nitrogens is 1. The van der Waals surface area contributed by atoms with Gasteiger partial charge in [0.25, 0.3) is 0 Å². The first-order valence-corrected chi connectivity index (χ1v) is 8.04. The Morgan fingerprint density at radius 3 is 2.62 bits per heavy atom. The monoisotopic (exact) mass is 344 g/mol. The Kier molecular flexibility index (Phi) is 4.69. The number of oxazole rings is 1. The highest BCUT2D eigenvalue weighted by molar-refractivity contribution is 6.31. The minimum atomic E-state index is -0.452. The molecule has 0 aliphatic carbocycles. The summed E-state index contributed by atoms with van der Waals surface area (Å²) in [6.07, 6.45) is 1.71. The van der Waals surface area contributed by atoms with Crippen molar-refractivity contribution in [2.24, 2.45) is 0 Å². The third-order valence-electron chi connectivity index (χ3n) is 3.90. The van der Waals surface area contributed by atoms with Crippen molar-refractivity contribution in [3.8, 4) is 11.3 Å². The molecular weight excluding hydrogens is 327 g/mol. The molecule has 0 bridgehead atoms. The van der Waals surface area contributed by atoms with Crippen molar-refractivity contribution in [1.29, 1.82) is 0 Å². The SMILES string of the molecule is CC(C)(NCc1ncc(-c2ccccc2)o1)c1ccc(F)cc1Cl. The van der Waals surface area contributed by atoms with E-state index in [0.717, 1.165) is 16.9 Å². The van der Waals surface area contributed by atoms with E-state index >= 15 is 0 Å². The minimum Gasteiger partial charge on any atom is -0.439 e. The average molecular weight is 345 g/mol. The Bertz CT molecular complexity index is 830. The van der Waals surface area contributed by atoms with Crippen LogP contribution < -0.4 is 5.32 Å². The van der Waals surface area contributed by atoms with Gasteiger partial charge >= 0.3 is 0 Å². The zero-order valence-electron chi connectivity index (χ0n) is 13.5. The minimum absolute atomic E-state index is 0.347. The topological polar surface area (TPSA) is 38.1 Å². The molecular formula is C19H18ClFN2O. The smallest absolute Gasteiger partial charge is 0.208 e. The summed E-state index contributed by atoms with van der Waals surface area (Å²) in [5.41, 5.74) is 1.35. The van der Waals surface area contributed by atoms with Crippen molar-refractivity contribution >= 4 is 11.6 Å². The summed E-state index contributed by atoms with van der Waals surface area (Å²) in [6, 6.07) is 14.2. The second kappa shape index (κ2) is 6.75. The maximum Gasteiger partial charge on any atom is 0.208 e. The molecule has 0 unspecified atom stereocenters. The fourth-order valence-corrected chi connectivity index (χ4v) is 2.92. The lowest BCUT2D eigenvalue weighted by atomic mass is 9.94. The van der Waals surface area contributed by atoms with E-state index in [1.807, 2.05) is 44.2 Å². The highest BCUT2D eigenvalue weighted by atomic mass is 35.5. The van der Waals surface area contributed by atoms with E-state index in [1.54, 1.807) is 12.3 Å². The Balaban J connectivity index is 1.72. The zero-order valence-corrected chi connectivity index (χ0v) is 14.3. The molecule has 0 saturated carbocycles. The van der Waals surface area contributed by atoms with Crippen molar-refractivity contribution < 1.29 is 8.81 Å². The van der Waals surface area contributed by atoms with E-state index in [2.05, 4.69) is 10.3 Å². The van der Waals surface area contributed by atoms with Crippen LogP contribution in [0.4, 0.5) is 4.39 Å². The molecule has 5 heteroatoms. The lowest BCUT2D eigenvalue weighted by molar-refractivity contribution is 0.366. The summed E-state index contributed by atoms with van der Waals surface area (Å²) in [7, 11) is 0. The van der Waals surface area contributed by atoms with E-state index in [9.17, 15) is 4.39 Å². The molecule has 0 saturated heterocycles. The van der Waals surface area contributed by atoms with Gasteiger partial charge in [0.1, 0.15) is 5.82 Å². The van der Waals surface area contributed by atoms with Gasteiger partial charge in [0, 0.05) is 16.1 Å². The van der Waals surface area contributed by atoms with Crippen LogP contribution in [0.3, 0.4) is 0 Å². The van der Waals surface area contributed by atoms with E-state index in [0.29, 0.717) is 17.5 Å². The van der Waals surface area contributed by atoms with Crippen LogP contribution in [-0.4, -0.2) is 4.98 Å². The predicted molar refractivity (Wildman–Crippen MR) is 93.2 cm³/mol. The van der Waals surface area contributed by atoms with Crippen molar-refractivity contribution in [3.63, 3.8) is 0 Å². The van der Waals surface area contributed by atoms with Gasteiger partial charge in [-0.3, -0.25) is 5.32 Å². The second-order valence-corrected chi connectivity index (χ2v) is 6.49. The largest absolute Gasteiger partial charge is 0.439 e. The summed E-state index contributed by atoms with van der Waals surface area (Å²) in [5.74, 6) is 0.963. The maximum atomic E-state index is 13.2. The Morgan fingerprint density at radius 1 is 1.17 bits per heavy atom. The molecule has 3 nitrogen and oxygen atoms in total. The van der Waals surface area contributed by atoms with Crippen LogP contribution in [0.15, 0.2) is 59.1 Å². The van der Waals surface area contributed by atoms with Gasteiger partial charge < -0.3 is 4.42 Å². The molecule has 24 heavy (non-hydrogen) atoms. The summed E-state index contributed by atoms with van der Waals surface area (Å²) in [5, 5.41) is 3.75. The van der Waals surface area contributed by atoms with Crippen LogP contribution in [0.5, 0.6) is 0 Å². The molecule has 0 amide bonds. The van der Waals surface area contributed by atoms with Crippen molar-refractivity contribution in [2.45, 2.75) is 25.9 Å². The molecule has 124 valence electrons. The molecule has 1 heterocycles. The summed E-state index contributed by atoms with van der Waals surface area (Å²) in [4.78, 5) is 4.30. The quantitative estimate of drug-likeness (QED) is 0.694. The summed E-state index contributed by atoms with van der Waals surface area (Å²) >= 11 is 6.16. The van der Waals surface area contributed by atoms with Gasteiger partial charge in [0.2, 0.25) is 5.89 Å². The van der Waals surface area contributed by atoms with Gasteiger partial charge in [-0.05, 0) is 31.5 Å². The molecule has 1 aromatic heterocycles. The normalized spacial score (nSPS) is 11.7. The van der Waals surface area contributed by atoms with E-state index in [4.69, 9.17) is 16.0 Å². The molecule has 0 spiro atoms. The number of benzene rings is 2. The first-order chi connectivity index (χ1) is 11.5. The zero-order chi connectivity index (χ0) is 17.2. The van der Waals surface area contributed by atoms with Crippen molar-refractivity contribution in [2.75, 3.05) is 0 Å². The number of hydrogen-bond donors (Lipinski definition) is 1. The number of nitrogens with one attached hydrogen (secondary N) is 1. The van der Waals surface area contributed by atoms with Gasteiger partial charge in [0.05, 0.1) is 12.7 Å². The maximum absolute atomic E-state index is 13.2. The van der Waals surface area contributed by atoms with Crippen LogP contribution in [-0.2, 0) is 12.1 Å². The van der Waals surface area contributed by atoms with Gasteiger partial charge in [-0.15, -0.1) is 0 Å².